The summed E-state index contributed by atoms with van der Waals surface area (Å²) in [7, 11) is 0. The quantitative estimate of drug-likeness (QED) is 0.366. The van der Waals surface area contributed by atoms with Crippen molar-refractivity contribution in [3.8, 4) is 0 Å². The number of ketones is 1. The van der Waals surface area contributed by atoms with Gasteiger partial charge in [0.05, 0.1) is 11.4 Å². The Kier molecular flexibility index (Phi) is 5.63. The van der Waals surface area contributed by atoms with Gasteiger partial charge in [-0.1, -0.05) is 91.0 Å². The molecule has 0 saturated carbocycles. The first-order valence-corrected chi connectivity index (χ1v) is 10.9. The minimum absolute atomic E-state index is 0.0931. The first kappa shape index (κ1) is 21.2. The van der Waals surface area contributed by atoms with Crippen molar-refractivity contribution in [1.82, 2.24) is 0 Å². The molecule has 1 aliphatic rings. The van der Waals surface area contributed by atoms with Crippen molar-refractivity contribution in [2.24, 2.45) is 0 Å². The molecule has 164 valence electrons. The number of hydrogen-bond donors (Lipinski definition) is 1. The summed E-state index contributed by atoms with van der Waals surface area (Å²) in [6, 6.07) is 34.2. The molecule has 5 rings (SSSR count). The highest BCUT2D eigenvalue weighted by molar-refractivity contribution is 6.23. The van der Waals surface area contributed by atoms with Crippen LogP contribution in [0.3, 0.4) is 0 Å². The molecule has 1 amide bonds. The molecule has 0 fully saturated rings. The first-order valence-electron chi connectivity index (χ1n) is 10.9. The summed E-state index contributed by atoms with van der Waals surface area (Å²) in [5.74, 6) is -0.678. The molecule has 4 aromatic carbocycles. The van der Waals surface area contributed by atoms with E-state index in [4.69, 9.17) is 0 Å². The molecule has 34 heavy (non-hydrogen) atoms. The fourth-order valence-corrected chi connectivity index (χ4v) is 4.12. The molecular formula is C30H21NO3. The van der Waals surface area contributed by atoms with Crippen LogP contribution >= 0.6 is 0 Å². The lowest BCUT2D eigenvalue weighted by Gasteiger charge is -2.28. The number of nitrogens with zero attached hydrogens (tertiary/aromatic N) is 1. The van der Waals surface area contributed by atoms with Crippen molar-refractivity contribution < 1.29 is 14.7 Å². The second-order valence-electron chi connectivity index (χ2n) is 7.88. The van der Waals surface area contributed by atoms with Crippen molar-refractivity contribution >= 4 is 28.7 Å². The van der Waals surface area contributed by atoms with Crippen LogP contribution in [-0.4, -0.2) is 16.8 Å². The standard InChI is InChI=1S/C30H21NO3/c32-27-20-25(21-12-4-1-5-13-21)28(29(33)22-14-6-2-7-15-22)31(26-19-11-10-18-24(26)27)30(34)23-16-8-3-9-17-23/h1-20,33H/b29-28+. The van der Waals surface area contributed by atoms with Gasteiger partial charge in [-0.25, -0.2) is 0 Å². The number of aliphatic hydroxyl groups is 1. The summed E-state index contributed by atoms with van der Waals surface area (Å²) in [4.78, 5) is 28.8. The number of amides is 1. The predicted molar refractivity (Wildman–Crippen MR) is 134 cm³/mol. The van der Waals surface area contributed by atoms with Crippen LogP contribution in [0.15, 0.2) is 127 Å². The molecule has 0 aromatic heterocycles. The number of benzene rings is 4. The Hall–Kier alpha value is -4.70. The van der Waals surface area contributed by atoms with E-state index >= 15 is 0 Å². The van der Waals surface area contributed by atoms with Crippen molar-refractivity contribution in [2.75, 3.05) is 4.90 Å². The van der Waals surface area contributed by atoms with Crippen LogP contribution in [0.2, 0.25) is 0 Å². The molecule has 0 unspecified atom stereocenters. The zero-order valence-electron chi connectivity index (χ0n) is 18.3. The van der Waals surface area contributed by atoms with E-state index in [2.05, 4.69) is 0 Å². The number of hydrogen-bond acceptors (Lipinski definition) is 3. The molecule has 0 saturated heterocycles. The summed E-state index contributed by atoms with van der Waals surface area (Å²) >= 11 is 0. The second-order valence-corrected chi connectivity index (χ2v) is 7.88. The van der Waals surface area contributed by atoms with Crippen molar-refractivity contribution in [3.05, 3.63) is 149 Å². The maximum absolute atomic E-state index is 14.0. The number of carbonyl (C=O) groups excluding carboxylic acids is 2. The van der Waals surface area contributed by atoms with Gasteiger partial charge in [0, 0.05) is 22.3 Å². The molecule has 0 spiro atoms. The topological polar surface area (TPSA) is 57.6 Å². The molecule has 1 aliphatic heterocycles. The van der Waals surface area contributed by atoms with Gasteiger partial charge in [0.15, 0.2) is 5.78 Å². The van der Waals surface area contributed by atoms with Gasteiger partial charge >= 0.3 is 0 Å². The number of allylic oxidation sites excluding steroid dienone is 2. The van der Waals surface area contributed by atoms with E-state index in [0.29, 0.717) is 33.5 Å². The van der Waals surface area contributed by atoms with Crippen LogP contribution in [0.4, 0.5) is 5.69 Å². The van der Waals surface area contributed by atoms with E-state index in [-0.39, 0.29) is 23.1 Å². The summed E-state index contributed by atoms with van der Waals surface area (Å²) in [6.07, 6.45) is 1.50. The minimum atomic E-state index is -0.345. The van der Waals surface area contributed by atoms with Crippen LogP contribution in [-0.2, 0) is 0 Å². The van der Waals surface area contributed by atoms with Crippen LogP contribution in [0.5, 0.6) is 0 Å². The number of anilines is 1. The Morgan fingerprint density at radius 3 is 1.82 bits per heavy atom. The van der Waals surface area contributed by atoms with E-state index in [1.54, 1.807) is 60.7 Å². The molecule has 1 N–H and O–H groups in total. The maximum Gasteiger partial charge on any atom is 0.262 e. The number of carbonyl (C=O) groups is 2. The first-order chi connectivity index (χ1) is 16.6. The minimum Gasteiger partial charge on any atom is -0.505 e. The number of aliphatic hydroxyl groups excluding tert-OH is 1. The normalized spacial score (nSPS) is 14.6. The highest BCUT2D eigenvalue weighted by Gasteiger charge is 2.33. The lowest BCUT2D eigenvalue weighted by Crippen LogP contribution is -2.32. The lowest BCUT2D eigenvalue weighted by molar-refractivity contribution is 0.0995. The van der Waals surface area contributed by atoms with E-state index in [9.17, 15) is 14.7 Å². The summed E-state index contributed by atoms with van der Waals surface area (Å²) in [5, 5.41) is 11.6. The van der Waals surface area contributed by atoms with Crippen LogP contribution < -0.4 is 4.90 Å². The molecule has 0 atom stereocenters. The molecule has 1 heterocycles. The van der Waals surface area contributed by atoms with E-state index in [1.807, 2.05) is 54.6 Å². The van der Waals surface area contributed by atoms with Gasteiger partial charge in [-0.05, 0) is 35.9 Å². The number of para-hydroxylation sites is 1. The average molecular weight is 444 g/mol. The zero-order valence-corrected chi connectivity index (χ0v) is 18.3. The van der Waals surface area contributed by atoms with Crippen molar-refractivity contribution in [1.29, 1.82) is 0 Å². The average Bonchev–Trinajstić information content (AvgIpc) is 3.04. The molecule has 0 aliphatic carbocycles. The summed E-state index contributed by atoms with van der Waals surface area (Å²) in [5.41, 5.74) is 3.22. The van der Waals surface area contributed by atoms with Gasteiger partial charge in [0.1, 0.15) is 5.76 Å². The van der Waals surface area contributed by atoms with Crippen LogP contribution in [0, 0.1) is 0 Å². The highest BCUT2D eigenvalue weighted by atomic mass is 16.3. The van der Waals surface area contributed by atoms with Gasteiger partial charge in [0.25, 0.3) is 5.91 Å². The molecule has 0 radical (unpaired) electrons. The Morgan fingerprint density at radius 2 is 1.18 bits per heavy atom. The van der Waals surface area contributed by atoms with Gasteiger partial charge in [-0.2, -0.15) is 0 Å². The maximum atomic E-state index is 14.0. The second kappa shape index (κ2) is 9.04. The zero-order chi connectivity index (χ0) is 23.5. The van der Waals surface area contributed by atoms with E-state index < -0.39 is 0 Å². The fraction of sp³-hybridized carbons (Fsp3) is 0. The monoisotopic (exact) mass is 443 g/mol. The third-order valence-corrected chi connectivity index (χ3v) is 5.74. The van der Waals surface area contributed by atoms with Crippen LogP contribution in [0.25, 0.3) is 11.3 Å². The Balaban J connectivity index is 1.86. The SMILES string of the molecule is O=C1C=C(c2ccccc2)/C(=C(\O)c2ccccc2)N(C(=O)c2ccccc2)c2ccccc21. The summed E-state index contributed by atoms with van der Waals surface area (Å²) in [6.45, 7) is 0. The van der Waals surface area contributed by atoms with E-state index in [0.717, 1.165) is 0 Å². The lowest BCUT2D eigenvalue weighted by atomic mass is 9.97. The molecular weight excluding hydrogens is 422 g/mol. The summed E-state index contributed by atoms with van der Waals surface area (Å²) < 4.78 is 0. The smallest absolute Gasteiger partial charge is 0.262 e. The Morgan fingerprint density at radius 1 is 0.647 bits per heavy atom. The van der Waals surface area contributed by atoms with Crippen molar-refractivity contribution in [2.45, 2.75) is 0 Å². The van der Waals surface area contributed by atoms with Gasteiger partial charge in [-0.3, -0.25) is 14.5 Å². The van der Waals surface area contributed by atoms with Crippen LogP contribution in [0.1, 0.15) is 31.8 Å². The number of fused-ring (bicyclic) bond motifs is 1. The fourth-order valence-electron chi connectivity index (χ4n) is 4.12. The predicted octanol–water partition coefficient (Wildman–Crippen LogP) is 6.54. The largest absolute Gasteiger partial charge is 0.505 e. The molecule has 4 heteroatoms. The van der Waals surface area contributed by atoms with E-state index in [1.165, 1.54) is 11.0 Å². The Bertz CT molecular complexity index is 1420. The molecule has 0 bridgehead atoms. The third-order valence-electron chi connectivity index (χ3n) is 5.74. The molecule has 4 aromatic rings. The third kappa shape index (κ3) is 3.82. The van der Waals surface area contributed by atoms with Gasteiger partial charge in [-0.15, -0.1) is 0 Å². The Labute approximate surface area is 197 Å². The molecule has 4 nitrogen and oxygen atoms in total. The van der Waals surface area contributed by atoms with Crippen molar-refractivity contribution in [3.63, 3.8) is 0 Å². The van der Waals surface area contributed by atoms with Gasteiger partial charge < -0.3 is 5.11 Å². The number of rotatable bonds is 3. The highest BCUT2D eigenvalue weighted by Crippen LogP contribution is 2.40. The van der Waals surface area contributed by atoms with Gasteiger partial charge in [0.2, 0.25) is 0 Å².